The highest BCUT2D eigenvalue weighted by Gasteiger charge is 2.37. The van der Waals surface area contributed by atoms with Gasteiger partial charge in [-0.15, -0.1) is 10.2 Å². The largest absolute Gasteiger partial charge is 0.497 e. The number of thioether (sulfide) groups is 1. The first-order chi connectivity index (χ1) is 14.5. The van der Waals surface area contributed by atoms with Crippen molar-refractivity contribution in [3.8, 4) is 5.75 Å². The summed E-state index contributed by atoms with van der Waals surface area (Å²) < 4.78 is 7.17. The van der Waals surface area contributed by atoms with Gasteiger partial charge >= 0.3 is 0 Å². The molecule has 0 bridgehead atoms. The highest BCUT2D eigenvalue weighted by molar-refractivity contribution is 8.00. The second-order valence-electron chi connectivity index (χ2n) is 7.31. The molecule has 2 N–H and O–H groups in total. The molecule has 0 saturated heterocycles. The molecule has 0 saturated carbocycles. The van der Waals surface area contributed by atoms with Crippen LogP contribution < -0.4 is 15.5 Å². The Bertz CT molecular complexity index is 1060. The maximum atomic E-state index is 13.3. The van der Waals surface area contributed by atoms with Gasteiger partial charge in [-0.1, -0.05) is 48.5 Å². The summed E-state index contributed by atoms with van der Waals surface area (Å²) in [6.07, 6.45) is 0.745. The molecule has 30 heavy (non-hydrogen) atoms. The normalized spacial score (nSPS) is 17.7. The number of aromatic nitrogens is 3. The Morgan fingerprint density at radius 2 is 1.97 bits per heavy atom. The molecule has 2 atom stereocenters. The number of hydrogen-bond donors (Lipinski definition) is 2. The number of amides is 1. The van der Waals surface area contributed by atoms with E-state index >= 15 is 0 Å². The van der Waals surface area contributed by atoms with Crippen LogP contribution in [0.2, 0.25) is 0 Å². The molecule has 0 fully saturated rings. The number of carbonyl (C=O) groups is 1. The molecule has 8 heteroatoms. The third kappa shape index (κ3) is 3.87. The molecule has 4 rings (SSSR count). The first-order valence-corrected chi connectivity index (χ1v) is 10.8. The van der Waals surface area contributed by atoms with Crippen molar-refractivity contribution in [3.63, 3.8) is 0 Å². The highest BCUT2D eigenvalue weighted by atomic mass is 32.2. The second-order valence-corrected chi connectivity index (χ2v) is 8.42. The molecule has 156 valence electrons. The van der Waals surface area contributed by atoms with Crippen LogP contribution in [0.4, 0.5) is 5.69 Å². The summed E-state index contributed by atoms with van der Waals surface area (Å²) >= 11 is 1.43. The maximum absolute atomic E-state index is 13.3. The summed E-state index contributed by atoms with van der Waals surface area (Å²) in [6, 6.07) is 13.5. The number of rotatable bonds is 5. The highest BCUT2D eigenvalue weighted by Crippen LogP contribution is 2.38. The van der Waals surface area contributed by atoms with Crippen molar-refractivity contribution >= 4 is 23.4 Å². The fourth-order valence-electron chi connectivity index (χ4n) is 3.55. The van der Waals surface area contributed by atoms with Gasteiger partial charge in [0.2, 0.25) is 11.1 Å². The summed E-state index contributed by atoms with van der Waals surface area (Å²) in [7, 11) is 1.64. The van der Waals surface area contributed by atoms with Crippen molar-refractivity contribution in [2.45, 2.75) is 43.6 Å². The minimum absolute atomic E-state index is 0.0763. The fraction of sp³-hybridized carbons (Fsp3) is 0.318. The number of benzene rings is 2. The average Bonchev–Trinajstić information content (AvgIpc) is 3.17. The molecule has 2 heterocycles. The van der Waals surface area contributed by atoms with Crippen LogP contribution in [0.15, 0.2) is 47.6 Å². The molecule has 0 aliphatic carbocycles. The number of methoxy groups -OCH3 is 1. The van der Waals surface area contributed by atoms with Crippen LogP contribution >= 0.6 is 11.8 Å². The van der Waals surface area contributed by atoms with Gasteiger partial charge in [-0.05, 0) is 43.2 Å². The molecule has 3 aromatic rings. The first kappa shape index (κ1) is 20.3. The summed E-state index contributed by atoms with van der Waals surface area (Å²) in [5.74, 6) is 1.54. The van der Waals surface area contributed by atoms with Crippen molar-refractivity contribution in [2.75, 3.05) is 17.9 Å². The van der Waals surface area contributed by atoms with E-state index in [1.165, 1.54) is 11.8 Å². The van der Waals surface area contributed by atoms with Crippen LogP contribution in [-0.2, 0) is 11.2 Å². The Kier molecular flexibility index (Phi) is 5.67. The van der Waals surface area contributed by atoms with E-state index in [1.807, 2.05) is 61.8 Å². The number of anilines is 1. The number of hydrogen-bond acceptors (Lipinski definition) is 6. The van der Waals surface area contributed by atoms with Crippen molar-refractivity contribution in [1.29, 1.82) is 0 Å². The molecule has 1 aliphatic heterocycles. The Morgan fingerprint density at radius 3 is 2.63 bits per heavy atom. The molecule has 0 radical (unpaired) electrons. The van der Waals surface area contributed by atoms with Crippen LogP contribution in [0.1, 0.15) is 35.5 Å². The summed E-state index contributed by atoms with van der Waals surface area (Å²) in [6.45, 7) is 6.07. The standard InChI is InChI=1S/C22H25N5O2S/c1-5-18-24-25-22-27(18)26-19(15-7-9-16(29-4)10-8-15)20(30-22)21(28)23-17-11-6-13(2)12-14(17)3/h6-12,19-20,26H,5H2,1-4H3,(H,23,28)/t19-,20-/m0/s1. The molecular weight excluding hydrogens is 398 g/mol. The number of nitrogens with one attached hydrogen (secondary N) is 2. The molecule has 1 aromatic heterocycles. The summed E-state index contributed by atoms with van der Waals surface area (Å²) in [5, 5.41) is 11.9. The lowest BCUT2D eigenvalue weighted by atomic mass is 10.0. The van der Waals surface area contributed by atoms with Gasteiger partial charge in [0.25, 0.3) is 0 Å². The summed E-state index contributed by atoms with van der Waals surface area (Å²) in [5.41, 5.74) is 7.47. The zero-order valence-electron chi connectivity index (χ0n) is 17.5. The zero-order chi connectivity index (χ0) is 21.3. The van der Waals surface area contributed by atoms with Gasteiger partial charge in [0.05, 0.1) is 13.2 Å². The van der Waals surface area contributed by atoms with Crippen LogP contribution in [0.3, 0.4) is 0 Å². The first-order valence-electron chi connectivity index (χ1n) is 9.89. The smallest absolute Gasteiger partial charge is 0.240 e. The van der Waals surface area contributed by atoms with Crippen LogP contribution in [0.25, 0.3) is 0 Å². The number of ether oxygens (including phenoxy) is 1. The molecule has 0 spiro atoms. The Hall–Kier alpha value is -3.00. The number of carbonyl (C=O) groups excluding carboxylic acids is 1. The molecule has 1 amide bonds. The zero-order valence-corrected chi connectivity index (χ0v) is 18.3. The van der Waals surface area contributed by atoms with Crippen molar-refractivity contribution in [3.05, 3.63) is 65.0 Å². The topological polar surface area (TPSA) is 81.1 Å². The Labute approximate surface area is 180 Å². The van der Waals surface area contributed by atoms with Gasteiger partial charge in [-0.2, -0.15) is 0 Å². The van der Waals surface area contributed by atoms with E-state index in [4.69, 9.17) is 4.74 Å². The second kappa shape index (κ2) is 8.39. The van der Waals surface area contributed by atoms with Gasteiger partial charge in [0, 0.05) is 12.1 Å². The van der Waals surface area contributed by atoms with E-state index in [-0.39, 0.29) is 11.9 Å². The van der Waals surface area contributed by atoms with Crippen LogP contribution in [0, 0.1) is 13.8 Å². The minimum atomic E-state index is -0.416. The van der Waals surface area contributed by atoms with Gasteiger partial charge in [0.15, 0.2) is 5.82 Å². The van der Waals surface area contributed by atoms with Gasteiger partial charge in [-0.3, -0.25) is 4.79 Å². The lowest BCUT2D eigenvalue weighted by Gasteiger charge is -2.33. The van der Waals surface area contributed by atoms with Gasteiger partial charge in [-0.25, -0.2) is 4.68 Å². The molecule has 7 nitrogen and oxygen atoms in total. The summed E-state index contributed by atoms with van der Waals surface area (Å²) in [4.78, 5) is 13.3. The quantitative estimate of drug-likeness (QED) is 0.649. The third-order valence-electron chi connectivity index (χ3n) is 5.19. The molecule has 0 unspecified atom stereocenters. The Balaban J connectivity index is 1.67. The van der Waals surface area contributed by atoms with Crippen molar-refractivity contribution in [2.24, 2.45) is 0 Å². The monoisotopic (exact) mass is 423 g/mol. The third-order valence-corrected chi connectivity index (χ3v) is 6.41. The van der Waals surface area contributed by atoms with Crippen LogP contribution in [0.5, 0.6) is 5.75 Å². The fourth-order valence-corrected chi connectivity index (χ4v) is 4.65. The molecule has 1 aliphatic rings. The van der Waals surface area contributed by atoms with Gasteiger partial charge < -0.3 is 15.5 Å². The number of aryl methyl sites for hydroxylation is 3. The van der Waals surface area contributed by atoms with E-state index in [2.05, 4.69) is 27.0 Å². The van der Waals surface area contributed by atoms with Gasteiger partial charge in [0.1, 0.15) is 11.0 Å². The lowest BCUT2D eigenvalue weighted by Crippen LogP contribution is -2.41. The predicted molar refractivity (Wildman–Crippen MR) is 119 cm³/mol. The van der Waals surface area contributed by atoms with E-state index in [0.29, 0.717) is 5.16 Å². The van der Waals surface area contributed by atoms with E-state index in [1.54, 1.807) is 7.11 Å². The van der Waals surface area contributed by atoms with E-state index in [0.717, 1.165) is 40.4 Å². The van der Waals surface area contributed by atoms with Crippen LogP contribution in [-0.4, -0.2) is 33.1 Å². The Morgan fingerprint density at radius 1 is 1.20 bits per heavy atom. The van der Waals surface area contributed by atoms with E-state index < -0.39 is 5.25 Å². The molecule has 2 aromatic carbocycles. The lowest BCUT2D eigenvalue weighted by molar-refractivity contribution is -0.116. The van der Waals surface area contributed by atoms with E-state index in [9.17, 15) is 4.79 Å². The maximum Gasteiger partial charge on any atom is 0.240 e. The SMILES string of the molecule is CCc1nnc2n1N[C@@H](c1ccc(OC)cc1)[C@@H](C(=O)Nc1ccc(C)cc1C)S2. The van der Waals surface area contributed by atoms with Crippen molar-refractivity contribution < 1.29 is 9.53 Å². The average molecular weight is 424 g/mol. The van der Waals surface area contributed by atoms with Crippen molar-refractivity contribution in [1.82, 2.24) is 14.9 Å². The number of nitrogens with zero attached hydrogens (tertiary/aromatic N) is 3. The number of fused-ring (bicyclic) bond motifs is 1. The predicted octanol–water partition coefficient (Wildman–Crippen LogP) is 3.86. The molecular formula is C22H25N5O2S. The minimum Gasteiger partial charge on any atom is -0.497 e.